The Morgan fingerprint density at radius 1 is 1.22 bits per heavy atom. The molecule has 1 aromatic carbocycles. The predicted molar refractivity (Wildman–Crippen MR) is 63.6 cm³/mol. The Bertz CT molecular complexity index is 356. The molecule has 1 fully saturated rings. The van der Waals surface area contributed by atoms with Gasteiger partial charge in [0.05, 0.1) is 25.4 Å². The normalized spacial score (nSPS) is 32.4. The van der Waals surface area contributed by atoms with Crippen LogP contribution < -0.4 is 0 Å². The van der Waals surface area contributed by atoms with Crippen LogP contribution in [0.15, 0.2) is 30.3 Å². The van der Waals surface area contributed by atoms with E-state index in [9.17, 15) is 10.2 Å². The lowest BCUT2D eigenvalue weighted by Crippen LogP contribution is -2.50. The molecule has 0 radical (unpaired) electrons. The second-order valence-corrected chi connectivity index (χ2v) is 4.39. The molecule has 5 heteroatoms. The fourth-order valence-electron chi connectivity index (χ4n) is 1.98. The summed E-state index contributed by atoms with van der Waals surface area (Å²) < 4.78 is 10.6. The van der Waals surface area contributed by atoms with E-state index >= 15 is 0 Å². The monoisotopic (exact) mass is 254 g/mol. The Kier molecular flexibility index (Phi) is 4.68. The Morgan fingerprint density at radius 3 is 2.61 bits per heavy atom. The highest BCUT2D eigenvalue weighted by Gasteiger charge is 2.37. The quantitative estimate of drug-likeness (QED) is 0.706. The summed E-state index contributed by atoms with van der Waals surface area (Å²) in [6, 6.07) is 9.57. The molecule has 1 aliphatic heterocycles. The maximum Gasteiger partial charge on any atom is 0.183 e. The van der Waals surface area contributed by atoms with E-state index in [1.807, 2.05) is 30.3 Å². The zero-order valence-electron chi connectivity index (χ0n) is 9.98. The molecule has 100 valence electrons. The van der Waals surface area contributed by atoms with E-state index in [0.717, 1.165) is 5.56 Å². The van der Waals surface area contributed by atoms with Gasteiger partial charge in [-0.1, -0.05) is 30.3 Å². The molecule has 0 amide bonds. The van der Waals surface area contributed by atoms with Crippen molar-refractivity contribution >= 4 is 0 Å². The van der Waals surface area contributed by atoms with Crippen molar-refractivity contribution < 1.29 is 24.8 Å². The number of ether oxygens (including phenoxy) is 2. The molecule has 0 aliphatic carbocycles. The number of rotatable bonds is 4. The van der Waals surface area contributed by atoms with E-state index in [2.05, 4.69) is 0 Å². The SMILES string of the molecule is OC[C@@H]1C[C@H](OCc2ccccc2)[C@H](O)[C@@H](O)O1. The van der Waals surface area contributed by atoms with Crippen LogP contribution in [-0.4, -0.2) is 46.5 Å². The highest BCUT2D eigenvalue weighted by molar-refractivity contribution is 5.13. The van der Waals surface area contributed by atoms with Crippen molar-refractivity contribution in [2.45, 2.75) is 37.6 Å². The van der Waals surface area contributed by atoms with Gasteiger partial charge in [-0.3, -0.25) is 0 Å². The van der Waals surface area contributed by atoms with Crippen LogP contribution in [0.4, 0.5) is 0 Å². The topological polar surface area (TPSA) is 79.2 Å². The zero-order chi connectivity index (χ0) is 13.0. The van der Waals surface area contributed by atoms with Crippen molar-refractivity contribution in [1.82, 2.24) is 0 Å². The molecule has 0 spiro atoms. The first-order valence-corrected chi connectivity index (χ1v) is 5.98. The third kappa shape index (κ3) is 3.28. The standard InChI is InChI=1S/C13H18O5/c14-7-10-6-11(12(15)13(16)18-10)17-8-9-4-2-1-3-5-9/h1-5,10-16H,6-8H2/t10-,11-,12-,13-/m0/s1. The maximum atomic E-state index is 9.75. The molecule has 18 heavy (non-hydrogen) atoms. The Morgan fingerprint density at radius 2 is 1.94 bits per heavy atom. The number of benzene rings is 1. The lowest BCUT2D eigenvalue weighted by atomic mass is 10.0. The first kappa shape index (κ1) is 13.5. The maximum absolute atomic E-state index is 9.75. The van der Waals surface area contributed by atoms with Crippen molar-refractivity contribution in [3.8, 4) is 0 Å². The van der Waals surface area contributed by atoms with Gasteiger partial charge in [0, 0.05) is 6.42 Å². The van der Waals surface area contributed by atoms with Crippen LogP contribution in [0.2, 0.25) is 0 Å². The highest BCUT2D eigenvalue weighted by Crippen LogP contribution is 2.22. The van der Waals surface area contributed by atoms with Gasteiger partial charge >= 0.3 is 0 Å². The summed E-state index contributed by atoms with van der Waals surface area (Å²) in [5.74, 6) is 0. The van der Waals surface area contributed by atoms with Crippen molar-refractivity contribution in [3.05, 3.63) is 35.9 Å². The summed E-state index contributed by atoms with van der Waals surface area (Å²) in [6.07, 6.45) is -3.06. The van der Waals surface area contributed by atoms with Crippen LogP contribution in [0.1, 0.15) is 12.0 Å². The second kappa shape index (κ2) is 6.26. The van der Waals surface area contributed by atoms with Crippen LogP contribution in [-0.2, 0) is 16.1 Å². The first-order valence-electron chi connectivity index (χ1n) is 5.98. The fourth-order valence-corrected chi connectivity index (χ4v) is 1.98. The van der Waals surface area contributed by atoms with Crippen LogP contribution in [0.25, 0.3) is 0 Å². The third-order valence-corrected chi connectivity index (χ3v) is 3.01. The minimum atomic E-state index is -1.31. The van der Waals surface area contributed by atoms with Crippen LogP contribution in [0.3, 0.4) is 0 Å². The lowest BCUT2D eigenvalue weighted by molar-refractivity contribution is -0.261. The molecule has 1 saturated heterocycles. The average molecular weight is 254 g/mol. The van der Waals surface area contributed by atoms with Crippen LogP contribution >= 0.6 is 0 Å². The molecule has 1 heterocycles. The van der Waals surface area contributed by atoms with Gasteiger partial charge < -0.3 is 24.8 Å². The molecule has 5 nitrogen and oxygen atoms in total. The fraction of sp³-hybridized carbons (Fsp3) is 0.538. The lowest BCUT2D eigenvalue weighted by Gasteiger charge is -2.36. The summed E-state index contributed by atoms with van der Waals surface area (Å²) in [5, 5.41) is 28.3. The minimum absolute atomic E-state index is 0.199. The summed E-state index contributed by atoms with van der Waals surface area (Å²) in [5.41, 5.74) is 0.992. The molecule has 4 atom stereocenters. The van der Waals surface area contributed by atoms with E-state index in [1.165, 1.54) is 0 Å². The summed E-state index contributed by atoms with van der Waals surface area (Å²) in [7, 11) is 0. The largest absolute Gasteiger partial charge is 0.394 e. The zero-order valence-corrected chi connectivity index (χ0v) is 9.98. The van der Waals surface area contributed by atoms with Gasteiger partial charge in [0.2, 0.25) is 0 Å². The number of hydrogen-bond donors (Lipinski definition) is 3. The highest BCUT2D eigenvalue weighted by atomic mass is 16.6. The Balaban J connectivity index is 1.91. The molecule has 0 saturated carbocycles. The average Bonchev–Trinajstić information content (AvgIpc) is 2.41. The third-order valence-electron chi connectivity index (χ3n) is 3.01. The molecular weight excluding hydrogens is 236 g/mol. The van der Waals surface area contributed by atoms with Gasteiger partial charge in [0.1, 0.15) is 6.10 Å². The molecule has 2 rings (SSSR count). The molecule has 1 aliphatic rings. The number of hydrogen-bond acceptors (Lipinski definition) is 5. The predicted octanol–water partition coefficient (Wildman–Crippen LogP) is 0.0323. The van der Waals surface area contributed by atoms with Crippen molar-refractivity contribution in [2.75, 3.05) is 6.61 Å². The summed E-state index contributed by atoms with van der Waals surface area (Å²) in [6.45, 7) is 0.155. The van der Waals surface area contributed by atoms with Crippen molar-refractivity contribution in [2.24, 2.45) is 0 Å². The van der Waals surface area contributed by atoms with Crippen molar-refractivity contribution in [3.63, 3.8) is 0 Å². The molecule has 0 bridgehead atoms. The van der Waals surface area contributed by atoms with E-state index in [4.69, 9.17) is 14.6 Å². The van der Waals surface area contributed by atoms with E-state index in [1.54, 1.807) is 0 Å². The van der Waals surface area contributed by atoms with Gasteiger partial charge in [-0.15, -0.1) is 0 Å². The summed E-state index contributed by atoms with van der Waals surface area (Å²) in [4.78, 5) is 0. The van der Waals surface area contributed by atoms with E-state index < -0.39 is 24.6 Å². The number of aliphatic hydroxyl groups excluding tert-OH is 3. The van der Waals surface area contributed by atoms with Crippen LogP contribution in [0.5, 0.6) is 0 Å². The van der Waals surface area contributed by atoms with E-state index in [0.29, 0.717) is 13.0 Å². The van der Waals surface area contributed by atoms with Gasteiger partial charge in [-0.05, 0) is 5.56 Å². The molecule has 1 aromatic rings. The molecule has 0 unspecified atom stereocenters. The Labute approximate surface area is 106 Å². The molecule has 3 N–H and O–H groups in total. The molecular formula is C13H18O5. The number of aliphatic hydroxyl groups is 3. The second-order valence-electron chi connectivity index (χ2n) is 4.39. The summed E-state index contributed by atoms with van der Waals surface area (Å²) >= 11 is 0. The van der Waals surface area contributed by atoms with Gasteiger partial charge in [-0.2, -0.15) is 0 Å². The van der Waals surface area contributed by atoms with Gasteiger partial charge in [-0.25, -0.2) is 0 Å². The van der Waals surface area contributed by atoms with Gasteiger partial charge in [0.25, 0.3) is 0 Å². The minimum Gasteiger partial charge on any atom is -0.394 e. The molecule has 0 aromatic heterocycles. The van der Waals surface area contributed by atoms with Crippen molar-refractivity contribution in [1.29, 1.82) is 0 Å². The van der Waals surface area contributed by atoms with Gasteiger partial charge in [0.15, 0.2) is 6.29 Å². The van der Waals surface area contributed by atoms with E-state index in [-0.39, 0.29) is 6.61 Å². The smallest absolute Gasteiger partial charge is 0.183 e. The first-order chi connectivity index (χ1) is 8.70. The Hall–Kier alpha value is -0.980. The van der Waals surface area contributed by atoms with Crippen LogP contribution in [0, 0.1) is 0 Å².